The highest BCUT2D eigenvalue weighted by atomic mass is 16.4. The Bertz CT molecular complexity index is 619. The Morgan fingerprint density at radius 3 is 2.68 bits per heavy atom. The summed E-state index contributed by atoms with van der Waals surface area (Å²) < 4.78 is 1.63. The number of carboxylic acid groups (broad SMARTS) is 1. The molecule has 2 aromatic rings. The number of benzene rings is 1. The van der Waals surface area contributed by atoms with Crippen LogP contribution in [0.5, 0.6) is 0 Å². The fourth-order valence-electron chi connectivity index (χ4n) is 1.82. The molecule has 0 fully saturated rings. The van der Waals surface area contributed by atoms with Crippen LogP contribution in [0, 0.1) is 0 Å². The number of nitrogens with two attached hydrogens (primary N) is 1. The normalized spacial score (nSPS) is 10.6. The van der Waals surface area contributed by atoms with E-state index in [9.17, 15) is 4.79 Å². The summed E-state index contributed by atoms with van der Waals surface area (Å²) in [6, 6.07) is 4.57. The number of aryl methyl sites for hydroxylation is 2. The van der Waals surface area contributed by atoms with Gasteiger partial charge in [-0.2, -0.15) is 5.10 Å². The summed E-state index contributed by atoms with van der Waals surface area (Å²) in [6.45, 7) is 3.94. The summed E-state index contributed by atoms with van der Waals surface area (Å²) in [7, 11) is 0. The van der Waals surface area contributed by atoms with Gasteiger partial charge in [0.2, 0.25) is 0 Å². The average molecular weight is 260 g/mol. The summed E-state index contributed by atoms with van der Waals surface area (Å²) >= 11 is 0. The Hall–Kier alpha value is -2.37. The SMILES string of the molecule is CCc1nc(CC)n(-c2cc(C(=O)O)ccc2N)n1. The highest BCUT2D eigenvalue weighted by Gasteiger charge is 2.14. The van der Waals surface area contributed by atoms with Crippen LogP contribution < -0.4 is 5.73 Å². The van der Waals surface area contributed by atoms with Crippen LogP contribution in [0.25, 0.3) is 5.69 Å². The van der Waals surface area contributed by atoms with E-state index in [4.69, 9.17) is 10.8 Å². The van der Waals surface area contributed by atoms with Gasteiger partial charge in [-0.05, 0) is 18.2 Å². The predicted molar refractivity (Wildman–Crippen MR) is 71.5 cm³/mol. The largest absolute Gasteiger partial charge is 0.478 e. The third-order valence-corrected chi connectivity index (χ3v) is 2.86. The second-order valence-corrected chi connectivity index (χ2v) is 4.14. The van der Waals surface area contributed by atoms with Crippen LogP contribution in [0.3, 0.4) is 0 Å². The van der Waals surface area contributed by atoms with E-state index in [0.29, 0.717) is 17.8 Å². The number of nitrogen functional groups attached to an aromatic ring is 1. The average Bonchev–Trinajstić information content (AvgIpc) is 2.82. The number of aromatic carboxylic acids is 1. The number of nitrogens with zero attached hydrogens (tertiary/aromatic N) is 3. The van der Waals surface area contributed by atoms with Crippen LogP contribution in [-0.2, 0) is 12.8 Å². The molecule has 0 atom stereocenters. The minimum Gasteiger partial charge on any atom is -0.478 e. The second kappa shape index (κ2) is 5.09. The topological polar surface area (TPSA) is 94.0 Å². The van der Waals surface area contributed by atoms with Crippen molar-refractivity contribution in [3.05, 3.63) is 35.4 Å². The van der Waals surface area contributed by atoms with Gasteiger partial charge >= 0.3 is 5.97 Å². The molecule has 0 aliphatic heterocycles. The van der Waals surface area contributed by atoms with E-state index in [1.165, 1.54) is 12.1 Å². The maximum atomic E-state index is 11.0. The van der Waals surface area contributed by atoms with Gasteiger partial charge in [0.05, 0.1) is 16.9 Å². The first-order valence-electron chi connectivity index (χ1n) is 6.14. The monoisotopic (exact) mass is 260 g/mol. The number of aromatic nitrogens is 3. The lowest BCUT2D eigenvalue weighted by molar-refractivity contribution is 0.0697. The van der Waals surface area contributed by atoms with E-state index in [1.54, 1.807) is 10.7 Å². The van der Waals surface area contributed by atoms with Crippen molar-refractivity contribution in [2.24, 2.45) is 0 Å². The van der Waals surface area contributed by atoms with Gasteiger partial charge in [0.15, 0.2) is 5.82 Å². The molecule has 0 saturated heterocycles. The summed E-state index contributed by atoms with van der Waals surface area (Å²) in [4.78, 5) is 15.4. The van der Waals surface area contributed by atoms with Crippen LogP contribution in [0.1, 0.15) is 35.9 Å². The zero-order valence-corrected chi connectivity index (χ0v) is 10.9. The van der Waals surface area contributed by atoms with E-state index in [0.717, 1.165) is 18.1 Å². The molecular weight excluding hydrogens is 244 g/mol. The molecule has 1 aromatic heterocycles. The molecule has 100 valence electrons. The van der Waals surface area contributed by atoms with Crippen molar-refractivity contribution >= 4 is 11.7 Å². The first-order valence-corrected chi connectivity index (χ1v) is 6.14. The summed E-state index contributed by atoms with van der Waals surface area (Å²) in [5.74, 6) is 0.498. The van der Waals surface area contributed by atoms with E-state index < -0.39 is 5.97 Å². The van der Waals surface area contributed by atoms with E-state index in [-0.39, 0.29) is 5.56 Å². The second-order valence-electron chi connectivity index (χ2n) is 4.14. The molecule has 0 aliphatic rings. The quantitative estimate of drug-likeness (QED) is 0.815. The standard InChI is InChI=1S/C13H16N4O2/c1-3-11-15-12(4-2)17(16-11)10-7-8(13(18)19)5-6-9(10)14/h5-7H,3-4,14H2,1-2H3,(H,18,19). The molecule has 0 amide bonds. The molecule has 0 aliphatic carbocycles. The number of hydrogen-bond donors (Lipinski definition) is 2. The molecular formula is C13H16N4O2. The van der Waals surface area contributed by atoms with Gasteiger partial charge in [0.25, 0.3) is 0 Å². The zero-order valence-electron chi connectivity index (χ0n) is 10.9. The predicted octanol–water partition coefficient (Wildman–Crippen LogP) is 1.67. The molecule has 6 heteroatoms. The fourth-order valence-corrected chi connectivity index (χ4v) is 1.82. The van der Waals surface area contributed by atoms with E-state index >= 15 is 0 Å². The Kier molecular flexibility index (Phi) is 3.50. The van der Waals surface area contributed by atoms with Crippen LogP contribution in [0.4, 0.5) is 5.69 Å². The van der Waals surface area contributed by atoms with Crippen LogP contribution in [0.2, 0.25) is 0 Å². The molecule has 1 aromatic carbocycles. The molecule has 0 unspecified atom stereocenters. The van der Waals surface area contributed by atoms with Gasteiger partial charge in [-0.15, -0.1) is 0 Å². The third-order valence-electron chi connectivity index (χ3n) is 2.86. The number of anilines is 1. The van der Waals surface area contributed by atoms with Crippen molar-refractivity contribution in [1.29, 1.82) is 0 Å². The van der Waals surface area contributed by atoms with Gasteiger partial charge in [-0.25, -0.2) is 14.5 Å². The lowest BCUT2D eigenvalue weighted by Gasteiger charge is -2.08. The minimum atomic E-state index is -0.991. The highest BCUT2D eigenvalue weighted by molar-refractivity contribution is 5.89. The van der Waals surface area contributed by atoms with Crippen molar-refractivity contribution in [3.8, 4) is 5.69 Å². The van der Waals surface area contributed by atoms with Gasteiger partial charge < -0.3 is 10.8 Å². The van der Waals surface area contributed by atoms with Crippen molar-refractivity contribution in [2.75, 3.05) is 5.73 Å². The van der Waals surface area contributed by atoms with Crippen molar-refractivity contribution in [3.63, 3.8) is 0 Å². The maximum absolute atomic E-state index is 11.0. The van der Waals surface area contributed by atoms with Gasteiger partial charge in [-0.3, -0.25) is 0 Å². The molecule has 6 nitrogen and oxygen atoms in total. The Balaban J connectivity index is 2.60. The van der Waals surface area contributed by atoms with Crippen molar-refractivity contribution < 1.29 is 9.90 Å². The summed E-state index contributed by atoms with van der Waals surface area (Å²) in [6.07, 6.45) is 1.42. The number of carboxylic acids is 1. The van der Waals surface area contributed by atoms with Crippen LogP contribution >= 0.6 is 0 Å². The number of hydrogen-bond acceptors (Lipinski definition) is 4. The minimum absolute atomic E-state index is 0.180. The highest BCUT2D eigenvalue weighted by Crippen LogP contribution is 2.20. The fraction of sp³-hybridized carbons (Fsp3) is 0.308. The maximum Gasteiger partial charge on any atom is 0.335 e. The Labute approximate surface area is 110 Å². The molecule has 0 saturated carbocycles. The first kappa shape index (κ1) is 13.1. The molecule has 19 heavy (non-hydrogen) atoms. The Morgan fingerprint density at radius 2 is 2.11 bits per heavy atom. The number of rotatable bonds is 4. The lowest BCUT2D eigenvalue weighted by Crippen LogP contribution is -2.08. The Morgan fingerprint density at radius 1 is 1.37 bits per heavy atom. The van der Waals surface area contributed by atoms with E-state index in [1.807, 2.05) is 13.8 Å². The smallest absolute Gasteiger partial charge is 0.335 e. The third kappa shape index (κ3) is 2.42. The summed E-state index contributed by atoms with van der Waals surface area (Å²) in [5, 5.41) is 13.4. The molecule has 0 spiro atoms. The molecule has 3 N–H and O–H groups in total. The number of carbonyl (C=O) groups is 1. The molecule has 2 rings (SSSR count). The molecule has 0 radical (unpaired) electrons. The zero-order chi connectivity index (χ0) is 14.0. The van der Waals surface area contributed by atoms with Crippen molar-refractivity contribution in [1.82, 2.24) is 14.8 Å². The lowest BCUT2D eigenvalue weighted by atomic mass is 10.1. The summed E-state index contributed by atoms with van der Waals surface area (Å²) in [5.41, 5.74) is 7.13. The van der Waals surface area contributed by atoms with Crippen molar-refractivity contribution in [2.45, 2.75) is 26.7 Å². The van der Waals surface area contributed by atoms with Gasteiger partial charge in [0, 0.05) is 12.8 Å². The van der Waals surface area contributed by atoms with E-state index in [2.05, 4.69) is 10.1 Å². The van der Waals surface area contributed by atoms with Crippen LogP contribution in [-0.4, -0.2) is 25.8 Å². The van der Waals surface area contributed by atoms with Crippen LogP contribution in [0.15, 0.2) is 18.2 Å². The van der Waals surface area contributed by atoms with Gasteiger partial charge in [0.1, 0.15) is 5.82 Å². The molecule has 0 bridgehead atoms. The van der Waals surface area contributed by atoms with Gasteiger partial charge in [-0.1, -0.05) is 13.8 Å². The first-order chi connectivity index (χ1) is 9.06. The molecule has 1 heterocycles.